The van der Waals surface area contributed by atoms with E-state index in [1.807, 2.05) is 22.6 Å². The predicted molar refractivity (Wildman–Crippen MR) is 78.6 cm³/mol. The molecular formula is C14H11IN2O3. The van der Waals surface area contributed by atoms with Gasteiger partial charge >= 0.3 is 0 Å². The Morgan fingerprint density at radius 2 is 1.85 bits per heavy atom. The summed E-state index contributed by atoms with van der Waals surface area (Å²) in [5.74, 6) is 0.215. The lowest BCUT2D eigenvalue weighted by molar-refractivity contribution is -0.140. The van der Waals surface area contributed by atoms with Crippen LogP contribution in [0.2, 0.25) is 0 Å². The fraction of sp³-hybridized carbons (Fsp3) is 0.357. The van der Waals surface area contributed by atoms with Gasteiger partial charge in [-0.3, -0.25) is 9.59 Å². The van der Waals surface area contributed by atoms with Crippen molar-refractivity contribution in [1.82, 2.24) is 5.01 Å². The fourth-order valence-electron chi connectivity index (χ4n) is 3.51. The number of hydrogen-bond acceptors (Lipinski definition) is 4. The number of hydrazone groups is 1. The highest BCUT2D eigenvalue weighted by Gasteiger charge is 2.59. The van der Waals surface area contributed by atoms with Crippen molar-refractivity contribution in [2.45, 2.75) is 6.42 Å². The Balaban J connectivity index is 1.60. The standard InChI is InChI=1S/C14H11IN2O3/c15-10-4-3-9(20-10)6-16-17-13(18)11-7-1-2-8(5-7)12(11)14(17)19/h1-4,6-8,11-12H,5H2/b16-6-/t7-,8+,11-,12+. The zero-order chi connectivity index (χ0) is 13.9. The molecule has 4 rings (SSSR count). The summed E-state index contributed by atoms with van der Waals surface area (Å²) in [6, 6.07) is 3.55. The number of amides is 2. The van der Waals surface area contributed by atoms with Crippen LogP contribution in [0.25, 0.3) is 0 Å². The van der Waals surface area contributed by atoms with Crippen molar-refractivity contribution in [3.05, 3.63) is 33.8 Å². The minimum Gasteiger partial charge on any atom is -0.449 e. The molecule has 0 unspecified atom stereocenters. The van der Waals surface area contributed by atoms with Crippen molar-refractivity contribution >= 4 is 40.6 Å². The highest BCUT2D eigenvalue weighted by Crippen LogP contribution is 2.52. The number of halogens is 1. The molecular weight excluding hydrogens is 371 g/mol. The maximum Gasteiger partial charge on any atom is 0.254 e. The molecule has 3 aliphatic rings. The summed E-state index contributed by atoms with van der Waals surface area (Å²) in [5, 5.41) is 5.06. The molecule has 0 aromatic carbocycles. The molecule has 20 heavy (non-hydrogen) atoms. The Morgan fingerprint density at radius 3 is 2.40 bits per heavy atom. The van der Waals surface area contributed by atoms with Gasteiger partial charge in [0.1, 0.15) is 5.76 Å². The maximum absolute atomic E-state index is 12.3. The van der Waals surface area contributed by atoms with Gasteiger partial charge in [-0.15, -0.1) is 0 Å². The molecule has 0 spiro atoms. The number of fused-ring (bicyclic) bond motifs is 5. The molecule has 2 heterocycles. The quantitative estimate of drug-likeness (QED) is 0.340. The number of rotatable bonds is 2. The Morgan fingerprint density at radius 1 is 1.20 bits per heavy atom. The summed E-state index contributed by atoms with van der Waals surface area (Å²) in [6.45, 7) is 0. The zero-order valence-corrected chi connectivity index (χ0v) is 12.6. The lowest BCUT2D eigenvalue weighted by Crippen LogP contribution is -2.28. The summed E-state index contributed by atoms with van der Waals surface area (Å²) in [6.07, 6.45) is 6.49. The molecule has 1 aromatic heterocycles. The van der Waals surface area contributed by atoms with Gasteiger partial charge in [-0.1, -0.05) is 12.2 Å². The van der Waals surface area contributed by atoms with Crippen LogP contribution in [0.4, 0.5) is 0 Å². The number of allylic oxidation sites excluding steroid dienone is 2. The van der Waals surface area contributed by atoms with Gasteiger partial charge in [0, 0.05) is 0 Å². The van der Waals surface area contributed by atoms with E-state index in [4.69, 9.17) is 4.42 Å². The highest BCUT2D eigenvalue weighted by atomic mass is 127. The second-order valence-electron chi connectivity index (χ2n) is 5.37. The smallest absolute Gasteiger partial charge is 0.254 e. The first-order chi connectivity index (χ1) is 9.65. The van der Waals surface area contributed by atoms with E-state index < -0.39 is 0 Å². The summed E-state index contributed by atoms with van der Waals surface area (Å²) in [4.78, 5) is 24.7. The number of carbonyl (C=O) groups is 2. The molecule has 2 aliphatic carbocycles. The number of imide groups is 1. The summed E-state index contributed by atoms with van der Waals surface area (Å²) in [5.41, 5.74) is 0. The van der Waals surface area contributed by atoms with Crippen molar-refractivity contribution in [1.29, 1.82) is 0 Å². The largest absolute Gasteiger partial charge is 0.449 e. The van der Waals surface area contributed by atoms with Crippen LogP contribution < -0.4 is 0 Å². The number of nitrogens with zero attached hydrogens (tertiary/aromatic N) is 2. The molecule has 5 nitrogen and oxygen atoms in total. The van der Waals surface area contributed by atoms with Crippen LogP contribution in [-0.4, -0.2) is 23.0 Å². The van der Waals surface area contributed by atoms with Crippen LogP contribution in [0.5, 0.6) is 0 Å². The van der Waals surface area contributed by atoms with Gasteiger partial charge in [0.25, 0.3) is 11.8 Å². The van der Waals surface area contributed by atoms with E-state index in [-0.39, 0.29) is 35.5 Å². The van der Waals surface area contributed by atoms with Crippen LogP contribution in [0.15, 0.2) is 33.8 Å². The first-order valence-electron chi connectivity index (χ1n) is 6.50. The van der Waals surface area contributed by atoms with Crippen LogP contribution in [-0.2, 0) is 9.59 Å². The molecule has 0 radical (unpaired) electrons. The number of carbonyl (C=O) groups excluding carboxylic acids is 2. The maximum atomic E-state index is 12.3. The summed E-state index contributed by atoms with van der Waals surface area (Å²) < 4.78 is 6.08. The molecule has 6 heteroatoms. The third kappa shape index (κ3) is 1.63. The highest BCUT2D eigenvalue weighted by molar-refractivity contribution is 14.1. The minimum absolute atomic E-state index is 0.172. The van der Waals surface area contributed by atoms with Gasteiger partial charge in [0.2, 0.25) is 0 Å². The molecule has 102 valence electrons. The molecule has 4 atom stereocenters. The second-order valence-corrected chi connectivity index (χ2v) is 6.44. The lowest BCUT2D eigenvalue weighted by Gasteiger charge is -2.13. The van der Waals surface area contributed by atoms with Crippen molar-refractivity contribution in [2.24, 2.45) is 28.8 Å². The first-order valence-corrected chi connectivity index (χ1v) is 7.58. The van der Waals surface area contributed by atoms with E-state index in [1.54, 1.807) is 12.1 Å². The van der Waals surface area contributed by atoms with Gasteiger partial charge in [-0.25, -0.2) is 0 Å². The van der Waals surface area contributed by atoms with Crippen molar-refractivity contribution in [2.75, 3.05) is 0 Å². The Hall–Kier alpha value is -1.44. The summed E-state index contributed by atoms with van der Waals surface area (Å²) >= 11 is 2.05. The normalized spacial score (nSPS) is 34.8. The average Bonchev–Trinajstić information content (AvgIpc) is 3.15. The van der Waals surface area contributed by atoms with Crippen LogP contribution in [0.1, 0.15) is 12.2 Å². The van der Waals surface area contributed by atoms with Crippen LogP contribution >= 0.6 is 22.6 Å². The van der Waals surface area contributed by atoms with E-state index in [0.29, 0.717) is 5.76 Å². The van der Waals surface area contributed by atoms with Crippen molar-refractivity contribution in [3.8, 4) is 0 Å². The SMILES string of the molecule is O=C1[C@@H]2[C@H](C(=O)N1/N=C\c1ccc(I)o1)[C@@H]1C=C[C@H]2C1. The van der Waals surface area contributed by atoms with Gasteiger partial charge in [0.15, 0.2) is 3.77 Å². The molecule has 2 bridgehead atoms. The number of hydrogen-bond donors (Lipinski definition) is 0. The van der Waals surface area contributed by atoms with E-state index in [0.717, 1.165) is 15.2 Å². The van der Waals surface area contributed by atoms with Gasteiger partial charge in [-0.2, -0.15) is 10.1 Å². The molecule has 1 aromatic rings. The summed E-state index contributed by atoms with van der Waals surface area (Å²) in [7, 11) is 0. The fourth-order valence-corrected chi connectivity index (χ4v) is 3.95. The minimum atomic E-state index is -0.202. The Kier molecular flexibility index (Phi) is 2.63. The number of furan rings is 1. The molecule has 1 aliphatic heterocycles. The van der Waals surface area contributed by atoms with Gasteiger partial charge < -0.3 is 4.42 Å². The third-order valence-corrected chi connectivity index (χ3v) is 4.92. The molecule has 1 saturated carbocycles. The van der Waals surface area contributed by atoms with Crippen LogP contribution in [0, 0.1) is 27.4 Å². The van der Waals surface area contributed by atoms with E-state index >= 15 is 0 Å². The molecule has 1 saturated heterocycles. The monoisotopic (exact) mass is 382 g/mol. The van der Waals surface area contributed by atoms with Crippen LogP contribution in [0.3, 0.4) is 0 Å². The molecule has 0 N–H and O–H groups in total. The molecule has 2 fully saturated rings. The van der Waals surface area contributed by atoms with E-state index in [2.05, 4.69) is 17.3 Å². The Bertz CT molecular complexity index is 633. The van der Waals surface area contributed by atoms with E-state index in [9.17, 15) is 9.59 Å². The third-order valence-electron chi connectivity index (χ3n) is 4.34. The average molecular weight is 382 g/mol. The van der Waals surface area contributed by atoms with Gasteiger partial charge in [-0.05, 0) is 53.0 Å². The second kappa shape index (κ2) is 4.28. The topological polar surface area (TPSA) is 62.9 Å². The van der Waals surface area contributed by atoms with Crippen molar-refractivity contribution in [3.63, 3.8) is 0 Å². The van der Waals surface area contributed by atoms with E-state index in [1.165, 1.54) is 6.21 Å². The zero-order valence-electron chi connectivity index (χ0n) is 10.4. The lowest BCUT2D eigenvalue weighted by atomic mass is 9.85. The Labute approximate surface area is 128 Å². The first kappa shape index (κ1) is 12.3. The van der Waals surface area contributed by atoms with Crippen molar-refractivity contribution < 1.29 is 14.0 Å². The van der Waals surface area contributed by atoms with Gasteiger partial charge in [0.05, 0.1) is 18.1 Å². The predicted octanol–water partition coefficient (Wildman–Crippen LogP) is 2.03. The molecule has 2 amide bonds.